The van der Waals surface area contributed by atoms with Crippen molar-refractivity contribution in [3.05, 3.63) is 11.4 Å². The second-order valence-electron chi connectivity index (χ2n) is 3.14. The van der Waals surface area contributed by atoms with E-state index in [0.29, 0.717) is 6.54 Å². The molecular formula is C9H19NO2SSi. The molecule has 0 bridgehead atoms. The molecule has 0 heterocycles. The molecule has 0 amide bonds. The number of hydrogen-bond acceptors (Lipinski definition) is 3. The highest BCUT2D eigenvalue weighted by molar-refractivity contribution is 7.99. The van der Waals surface area contributed by atoms with Gasteiger partial charge in [-0.05, 0) is 24.8 Å². The van der Waals surface area contributed by atoms with Crippen LogP contribution in [0.3, 0.4) is 0 Å². The smallest absolute Gasteiger partial charge is 0.334 e. The molecule has 0 N–H and O–H groups in total. The van der Waals surface area contributed by atoms with Crippen molar-refractivity contribution in [2.24, 2.45) is 0 Å². The molecule has 5 heteroatoms. The van der Waals surface area contributed by atoms with Crippen molar-refractivity contribution >= 4 is 20.3 Å². The zero-order valence-corrected chi connectivity index (χ0v) is 11.0. The fourth-order valence-corrected chi connectivity index (χ4v) is 3.42. The van der Waals surface area contributed by atoms with E-state index in [2.05, 4.69) is 11.4 Å². The Morgan fingerprint density at radius 1 is 1.29 bits per heavy atom. The lowest BCUT2D eigenvalue weighted by Gasteiger charge is -2.22. The van der Waals surface area contributed by atoms with Crippen molar-refractivity contribution in [3.8, 4) is 0 Å². The third-order valence-corrected chi connectivity index (χ3v) is 6.17. The lowest BCUT2D eigenvalue weighted by Crippen LogP contribution is -2.35. The van der Waals surface area contributed by atoms with E-state index < -0.39 is 8.56 Å². The molecule has 0 saturated heterocycles. The SMILES string of the molecule is [C-]#[N+]CCSCCC[Si](C)(OC)OC. The van der Waals surface area contributed by atoms with Gasteiger partial charge in [0, 0.05) is 14.2 Å². The summed E-state index contributed by atoms with van der Waals surface area (Å²) in [5.74, 6) is 2.05. The van der Waals surface area contributed by atoms with Crippen LogP contribution in [0.2, 0.25) is 12.6 Å². The lowest BCUT2D eigenvalue weighted by molar-refractivity contribution is 0.249. The van der Waals surface area contributed by atoms with Gasteiger partial charge in [-0.1, -0.05) is 0 Å². The molecule has 0 saturated carbocycles. The van der Waals surface area contributed by atoms with Gasteiger partial charge in [-0.15, -0.1) is 0 Å². The predicted octanol–water partition coefficient (Wildman–Crippen LogP) is 2.39. The van der Waals surface area contributed by atoms with Crippen LogP contribution in [0.4, 0.5) is 0 Å². The Morgan fingerprint density at radius 2 is 1.93 bits per heavy atom. The molecule has 0 aromatic carbocycles. The number of rotatable bonds is 8. The molecule has 0 aromatic heterocycles. The molecule has 14 heavy (non-hydrogen) atoms. The summed E-state index contributed by atoms with van der Waals surface area (Å²) in [6.07, 6.45) is 1.12. The Bertz CT molecular complexity index is 180. The van der Waals surface area contributed by atoms with Crippen LogP contribution < -0.4 is 0 Å². The minimum Gasteiger partial charge on any atom is -0.398 e. The monoisotopic (exact) mass is 233 g/mol. The normalized spacial score (nSPS) is 11.3. The van der Waals surface area contributed by atoms with E-state index in [1.807, 2.05) is 11.8 Å². The summed E-state index contributed by atoms with van der Waals surface area (Å²) in [4.78, 5) is 3.30. The molecule has 82 valence electrons. The maximum atomic E-state index is 6.62. The van der Waals surface area contributed by atoms with Gasteiger partial charge in [-0.2, -0.15) is 11.8 Å². The Balaban J connectivity index is 3.39. The van der Waals surface area contributed by atoms with Gasteiger partial charge in [-0.25, -0.2) is 6.57 Å². The van der Waals surface area contributed by atoms with Crippen LogP contribution in [-0.2, 0) is 8.85 Å². The zero-order valence-electron chi connectivity index (χ0n) is 9.21. The molecule has 0 aromatic rings. The van der Waals surface area contributed by atoms with Crippen molar-refractivity contribution in [1.29, 1.82) is 0 Å². The van der Waals surface area contributed by atoms with Crippen molar-refractivity contribution in [2.75, 3.05) is 32.3 Å². The molecule has 0 aliphatic carbocycles. The van der Waals surface area contributed by atoms with Crippen molar-refractivity contribution in [3.63, 3.8) is 0 Å². The molecule has 0 aliphatic rings. The first kappa shape index (κ1) is 14.0. The topological polar surface area (TPSA) is 22.8 Å². The van der Waals surface area contributed by atoms with Crippen molar-refractivity contribution in [2.45, 2.75) is 19.0 Å². The van der Waals surface area contributed by atoms with Crippen LogP contribution in [0.15, 0.2) is 0 Å². The van der Waals surface area contributed by atoms with E-state index in [-0.39, 0.29) is 0 Å². The first-order valence-corrected chi connectivity index (χ1v) is 8.37. The second kappa shape index (κ2) is 8.30. The summed E-state index contributed by atoms with van der Waals surface area (Å²) in [7, 11) is 1.61. The van der Waals surface area contributed by atoms with Crippen molar-refractivity contribution < 1.29 is 8.85 Å². The summed E-state index contributed by atoms with van der Waals surface area (Å²) in [6, 6.07) is 1.03. The lowest BCUT2D eigenvalue weighted by atomic mass is 10.6. The van der Waals surface area contributed by atoms with Gasteiger partial charge >= 0.3 is 8.56 Å². The summed E-state index contributed by atoms with van der Waals surface area (Å²) in [5.41, 5.74) is 0. The van der Waals surface area contributed by atoms with Gasteiger partial charge in [0.05, 0.1) is 5.75 Å². The first-order valence-electron chi connectivity index (χ1n) is 4.70. The Hall–Kier alpha value is -0.0231. The van der Waals surface area contributed by atoms with Crippen LogP contribution >= 0.6 is 11.8 Å². The van der Waals surface area contributed by atoms with Crippen LogP contribution in [0, 0.1) is 6.57 Å². The molecule has 0 spiro atoms. The molecule has 0 aliphatic heterocycles. The summed E-state index contributed by atoms with van der Waals surface area (Å²) >= 11 is 1.84. The summed E-state index contributed by atoms with van der Waals surface area (Å²) < 4.78 is 10.7. The van der Waals surface area contributed by atoms with Gasteiger partial charge in [-0.3, -0.25) is 0 Å². The summed E-state index contributed by atoms with van der Waals surface area (Å²) in [5, 5.41) is 0. The van der Waals surface area contributed by atoms with Gasteiger partial charge in [0.25, 0.3) is 0 Å². The third kappa shape index (κ3) is 6.43. The van der Waals surface area contributed by atoms with Crippen LogP contribution in [0.5, 0.6) is 0 Å². The van der Waals surface area contributed by atoms with E-state index in [9.17, 15) is 0 Å². The minimum absolute atomic E-state index is 0.633. The molecule has 3 nitrogen and oxygen atoms in total. The minimum atomic E-state index is -1.84. The van der Waals surface area contributed by atoms with E-state index in [4.69, 9.17) is 15.4 Å². The molecule has 0 atom stereocenters. The average Bonchev–Trinajstić information content (AvgIpc) is 2.23. The number of hydrogen-bond donors (Lipinski definition) is 0. The van der Waals surface area contributed by atoms with Crippen LogP contribution in [0.25, 0.3) is 4.85 Å². The van der Waals surface area contributed by atoms with Crippen LogP contribution in [-0.4, -0.2) is 40.8 Å². The zero-order chi connectivity index (χ0) is 10.9. The maximum Gasteiger partial charge on any atom is 0.334 e. The van der Waals surface area contributed by atoms with E-state index in [1.54, 1.807) is 14.2 Å². The van der Waals surface area contributed by atoms with Crippen LogP contribution in [0.1, 0.15) is 6.42 Å². The molecular weight excluding hydrogens is 214 g/mol. The van der Waals surface area contributed by atoms with E-state index >= 15 is 0 Å². The fraction of sp³-hybridized carbons (Fsp3) is 0.889. The average molecular weight is 233 g/mol. The van der Waals surface area contributed by atoms with E-state index in [1.165, 1.54) is 0 Å². The highest BCUT2D eigenvalue weighted by Crippen LogP contribution is 2.16. The van der Waals surface area contributed by atoms with E-state index in [0.717, 1.165) is 24.0 Å². The number of thioether (sulfide) groups is 1. The quantitative estimate of drug-likeness (QED) is 0.365. The molecule has 0 radical (unpaired) electrons. The fourth-order valence-electron chi connectivity index (χ4n) is 0.995. The number of nitrogens with zero attached hydrogens (tertiary/aromatic N) is 1. The maximum absolute atomic E-state index is 6.62. The molecule has 0 rings (SSSR count). The van der Waals surface area contributed by atoms with Crippen molar-refractivity contribution in [1.82, 2.24) is 0 Å². The second-order valence-corrected chi connectivity index (χ2v) is 7.95. The molecule has 0 unspecified atom stereocenters. The molecule has 0 fully saturated rings. The van der Waals surface area contributed by atoms with Gasteiger partial charge < -0.3 is 13.7 Å². The van der Waals surface area contributed by atoms with Gasteiger partial charge in [0.2, 0.25) is 6.54 Å². The van der Waals surface area contributed by atoms with Gasteiger partial charge in [0.1, 0.15) is 0 Å². The highest BCUT2D eigenvalue weighted by Gasteiger charge is 2.27. The Kier molecular flexibility index (Phi) is 8.29. The predicted molar refractivity (Wildman–Crippen MR) is 63.9 cm³/mol. The third-order valence-electron chi connectivity index (χ3n) is 2.13. The summed E-state index contributed by atoms with van der Waals surface area (Å²) in [6.45, 7) is 9.33. The standard InChI is InChI=1S/C9H19NO2SSi/c1-10-6-8-13-7-5-9-14(4,11-2)12-3/h5-9H2,2-4H3. The largest absolute Gasteiger partial charge is 0.398 e. The Morgan fingerprint density at radius 3 is 2.43 bits per heavy atom. The first-order chi connectivity index (χ1) is 6.68. The highest BCUT2D eigenvalue weighted by atomic mass is 32.2. The van der Waals surface area contributed by atoms with Gasteiger partial charge in [0.15, 0.2) is 0 Å². The Labute approximate surface area is 92.2 Å².